The van der Waals surface area contributed by atoms with E-state index < -0.39 is 64.6 Å². The SMILES string of the molecule is C[C@]12C=CC(=O)C=C1CC[C@@H]1[C@@H]2[C@@H](O)C[C@@]2(C)[C@H]1CC[C@]2(O)C(=O)COC(=O)C1CC1C(=O)OCc1ccc([C@@H](CN)C(=O)Nc2ccc3cnccc3c2)cc1. The average molecular weight is 776 g/mol. The van der Waals surface area contributed by atoms with Crippen LogP contribution in [-0.2, 0) is 40.1 Å². The van der Waals surface area contributed by atoms with E-state index in [1.165, 1.54) is 0 Å². The molecule has 4 saturated carbocycles. The molecule has 1 aromatic heterocycles. The molecule has 0 saturated heterocycles. The Morgan fingerprint density at radius 2 is 1.75 bits per heavy atom. The summed E-state index contributed by atoms with van der Waals surface area (Å²) >= 11 is 0. The van der Waals surface area contributed by atoms with Gasteiger partial charge in [-0.1, -0.05) is 55.8 Å². The lowest BCUT2D eigenvalue weighted by Gasteiger charge is -2.59. The van der Waals surface area contributed by atoms with E-state index in [0.717, 1.165) is 29.2 Å². The lowest BCUT2D eigenvalue weighted by molar-refractivity contribution is -0.181. The predicted molar refractivity (Wildman–Crippen MR) is 209 cm³/mol. The van der Waals surface area contributed by atoms with Crippen LogP contribution >= 0.6 is 0 Å². The fourth-order valence-electron chi connectivity index (χ4n) is 10.8. The number of hydrogen-bond donors (Lipinski definition) is 4. The van der Waals surface area contributed by atoms with E-state index in [1.54, 1.807) is 48.8 Å². The van der Waals surface area contributed by atoms with Crippen LogP contribution in [0.15, 0.2) is 84.7 Å². The molecule has 0 aliphatic heterocycles. The normalized spacial score (nSPS) is 32.9. The van der Waals surface area contributed by atoms with Gasteiger partial charge in [-0.3, -0.25) is 29.0 Å². The molecule has 0 spiro atoms. The maximum atomic E-state index is 13.7. The number of aliphatic hydroxyl groups excluding tert-OH is 1. The molecule has 12 heteroatoms. The molecule has 57 heavy (non-hydrogen) atoms. The number of nitrogens with zero attached hydrogens (tertiary/aromatic N) is 1. The molecule has 298 valence electrons. The van der Waals surface area contributed by atoms with Gasteiger partial charge in [-0.2, -0.15) is 0 Å². The molecule has 2 aromatic carbocycles. The summed E-state index contributed by atoms with van der Waals surface area (Å²) in [7, 11) is 0. The standard InChI is InChI=1S/C45H49N3O9/c1-43-14-11-31(49)18-29(43)8-10-32-36-12-15-45(55,44(36,2)20-37(50)39(32)43)38(51)24-57-42(54)34-19-33(34)41(53)56-23-25-3-5-26(6-4-25)35(21-46)40(52)48-30-9-7-28-22-47-16-13-27(28)17-30/h3-7,9,11,13-14,16-18,22,32-37,39,50,55H,8,10,12,15,19-21,23-24,46H2,1-2H3,(H,48,52)/t32-,33?,34?,35+,36-,37-,39+,43-,44-,45-/m0/s1. The van der Waals surface area contributed by atoms with E-state index >= 15 is 0 Å². The van der Waals surface area contributed by atoms with Crippen molar-refractivity contribution in [1.82, 2.24) is 4.98 Å². The lowest BCUT2D eigenvalue weighted by Crippen LogP contribution is -2.61. The smallest absolute Gasteiger partial charge is 0.310 e. The average Bonchev–Trinajstić information content (AvgIpc) is 3.96. The Hall–Kier alpha value is -5.04. The summed E-state index contributed by atoms with van der Waals surface area (Å²) in [6.07, 6.45) is 10.6. The fourth-order valence-corrected chi connectivity index (χ4v) is 10.8. The van der Waals surface area contributed by atoms with E-state index in [9.17, 15) is 34.2 Å². The van der Waals surface area contributed by atoms with Crippen molar-refractivity contribution in [3.05, 3.63) is 95.9 Å². The summed E-state index contributed by atoms with van der Waals surface area (Å²) < 4.78 is 10.9. The van der Waals surface area contributed by atoms with Crippen LogP contribution in [0.5, 0.6) is 0 Å². The molecule has 10 atom stereocenters. The highest BCUT2D eigenvalue weighted by Gasteiger charge is 2.68. The highest BCUT2D eigenvalue weighted by atomic mass is 16.5. The van der Waals surface area contributed by atoms with Gasteiger partial charge in [-0.25, -0.2) is 0 Å². The number of anilines is 1. The minimum Gasteiger partial charge on any atom is -0.461 e. The zero-order valence-corrected chi connectivity index (χ0v) is 32.2. The molecule has 8 rings (SSSR count). The highest BCUT2D eigenvalue weighted by Crippen LogP contribution is 2.67. The number of ether oxygens (including phenoxy) is 2. The van der Waals surface area contributed by atoms with Gasteiger partial charge in [-0.15, -0.1) is 0 Å². The summed E-state index contributed by atoms with van der Waals surface area (Å²) in [6.45, 7) is 3.38. The van der Waals surface area contributed by atoms with Gasteiger partial charge in [0, 0.05) is 46.8 Å². The van der Waals surface area contributed by atoms with E-state index in [4.69, 9.17) is 15.2 Å². The first-order valence-corrected chi connectivity index (χ1v) is 19.9. The Labute approximate surface area is 330 Å². The van der Waals surface area contributed by atoms with Crippen LogP contribution in [0.3, 0.4) is 0 Å². The predicted octanol–water partition coefficient (Wildman–Crippen LogP) is 4.72. The van der Waals surface area contributed by atoms with Gasteiger partial charge in [0.1, 0.15) is 12.2 Å². The van der Waals surface area contributed by atoms with Gasteiger partial charge in [-0.05, 0) is 97.2 Å². The second-order valence-corrected chi connectivity index (χ2v) is 17.2. The molecule has 3 aromatic rings. The van der Waals surface area contributed by atoms with Crippen molar-refractivity contribution < 1.29 is 43.7 Å². The molecule has 1 amide bonds. The number of ketones is 2. The Bertz CT molecular complexity index is 2200. The molecule has 2 unspecified atom stereocenters. The molecule has 5 N–H and O–H groups in total. The Balaban J connectivity index is 0.814. The van der Waals surface area contributed by atoms with Gasteiger partial charge in [0.25, 0.3) is 0 Å². The maximum Gasteiger partial charge on any atom is 0.310 e. The molecule has 0 radical (unpaired) electrons. The number of carbonyl (C=O) groups excluding carboxylic acids is 5. The number of nitrogens with one attached hydrogen (secondary N) is 1. The third-order valence-corrected chi connectivity index (χ3v) is 14.1. The summed E-state index contributed by atoms with van der Waals surface area (Å²) in [6, 6.07) is 14.5. The number of aliphatic hydroxyl groups is 2. The zero-order valence-electron chi connectivity index (χ0n) is 32.2. The topological polar surface area (TPSA) is 195 Å². The summed E-state index contributed by atoms with van der Waals surface area (Å²) in [4.78, 5) is 68.9. The van der Waals surface area contributed by atoms with E-state index in [0.29, 0.717) is 23.2 Å². The van der Waals surface area contributed by atoms with Crippen molar-refractivity contribution in [3.8, 4) is 0 Å². The van der Waals surface area contributed by atoms with Gasteiger partial charge in [0.05, 0.1) is 23.9 Å². The minimum atomic E-state index is -1.78. The number of fused-ring (bicyclic) bond motifs is 6. The molecule has 0 bridgehead atoms. The number of hydrogen-bond acceptors (Lipinski definition) is 11. The van der Waals surface area contributed by atoms with Gasteiger partial charge in [0.15, 0.2) is 12.4 Å². The summed E-state index contributed by atoms with van der Waals surface area (Å²) in [5.41, 5.74) is 5.92. The van der Waals surface area contributed by atoms with Crippen molar-refractivity contribution in [3.63, 3.8) is 0 Å². The number of rotatable bonds is 11. The molecular weight excluding hydrogens is 727 g/mol. The largest absolute Gasteiger partial charge is 0.461 e. The molecule has 4 fully saturated rings. The second-order valence-electron chi connectivity index (χ2n) is 17.2. The van der Waals surface area contributed by atoms with Crippen LogP contribution < -0.4 is 11.1 Å². The number of amides is 1. The number of allylic oxidation sites excluding steroid dienone is 4. The summed E-state index contributed by atoms with van der Waals surface area (Å²) in [5, 5.41) is 28.5. The molecule has 5 aliphatic carbocycles. The van der Waals surface area contributed by atoms with Crippen molar-refractivity contribution >= 4 is 45.9 Å². The van der Waals surface area contributed by atoms with Gasteiger partial charge >= 0.3 is 11.9 Å². The van der Waals surface area contributed by atoms with E-state index in [1.807, 2.05) is 37.3 Å². The third kappa shape index (κ3) is 6.81. The Morgan fingerprint density at radius 1 is 1.00 bits per heavy atom. The third-order valence-electron chi connectivity index (χ3n) is 14.1. The first-order chi connectivity index (χ1) is 27.3. The number of nitrogens with two attached hydrogens (primary N) is 1. The minimum absolute atomic E-state index is 0.0281. The Kier molecular flexibility index (Phi) is 10.0. The summed E-state index contributed by atoms with van der Waals surface area (Å²) in [5.74, 6) is -4.27. The number of pyridine rings is 1. The number of aromatic nitrogens is 1. The molecule has 12 nitrogen and oxygen atoms in total. The molecular formula is C45H49N3O9. The van der Waals surface area contributed by atoms with E-state index in [-0.39, 0.29) is 61.9 Å². The monoisotopic (exact) mass is 775 g/mol. The zero-order chi connectivity index (χ0) is 40.3. The van der Waals surface area contributed by atoms with Crippen molar-refractivity contribution in [2.45, 2.75) is 76.6 Å². The first-order valence-electron chi connectivity index (χ1n) is 19.9. The number of carbonyl (C=O) groups is 5. The lowest BCUT2D eigenvalue weighted by atomic mass is 9.46. The van der Waals surface area contributed by atoms with Crippen molar-refractivity contribution in [2.24, 2.45) is 46.2 Å². The van der Waals surface area contributed by atoms with Crippen molar-refractivity contribution in [2.75, 3.05) is 18.5 Å². The van der Waals surface area contributed by atoms with Crippen LogP contribution in [0.1, 0.15) is 69.4 Å². The quantitative estimate of drug-likeness (QED) is 0.197. The second kappa shape index (κ2) is 14.7. The number of Topliss-reactive ketones (excluding diaryl/α,β-unsaturated/α-hetero) is 1. The number of esters is 2. The van der Waals surface area contributed by atoms with Crippen LogP contribution in [0.2, 0.25) is 0 Å². The van der Waals surface area contributed by atoms with Gasteiger partial charge in [0.2, 0.25) is 11.7 Å². The molecule has 1 heterocycles. The maximum absolute atomic E-state index is 13.7. The van der Waals surface area contributed by atoms with Gasteiger partial charge < -0.3 is 30.7 Å². The van der Waals surface area contributed by atoms with Crippen LogP contribution in [0, 0.1) is 40.4 Å². The van der Waals surface area contributed by atoms with E-state index in [2.05, 4.69) is 17.2 Å². The van der Waals surface area contributed by atoms with Crippen molar-refractivity contribution in [1.29, 1.82) is 0 Å². The number of benzene rings is 2. The van der Waals surface area contributed by atoms with Crippen LogP contribution in [0.4, 0.5) is 5.69 Å². The first kappa shape index (κ1) is 38.8. The van der Waals surface area contributed by atoms with Crippen LogP contribution in [0.25, 0.3) is 10.8 Å². The fraction of sp³-hybridized carbons (Fsp3) is 0.467. The Morgan fingerprint density at radius 3 is 2.51 bits per heavy atom. The molecule has 5 aliphatic rings. The van der Waals surface area contributed by atoms with Crippen LogP contribution in [-0.4, -0.2) is 69.5 Å². The highest BCUT2D eigenvalue weighted by molar-refractivity contribution is 6.01.